The number of rotatable bonds is 0. The molecule has 0 saturated heterocycles. The monoisotopic (exact) mass is 174 g/mol. The Morgan fingerprint density at radius 1 is 1.25 bits per heavy atom. The molecular formula is CCaClNaO4. The summed E-state index contributed by atoms with van der Waals surface area (Å²) in [6.45, 7) is 0. The number of carbonyl (C=O) groups excluding carboxylic acids is 1. The van der Waals surface area contributed by atoms with Crippen molar-refractivity contribution < 1.29 is 49.2 Å². The molecule has 0 spiro atoms. The van der Waals surface area contributed by atoms with Crippen molar-refractivity contribution in [2.45, 2.75) is 0 Å². The summed E-state index contributed by atoms with van der Waals surface area (Å²) < 4.78 is 7.72. The molecule has 0 aliphatic rings. The third-order valence-electron chi connectivity index (χ3n) is 0. The maximum atomic E-state index is 8.33. The van der Waals surface area contributed by atoms with Crippen LogP contribution in [0.25, 0.3) is 0 Å². The first-order valence-electron chi connectivity index (χ1n) is 0.767. The topological polar surface area (TPSA) is 86.2 Å². The van der Waals surface area contributed by atoms with Crippen molar-refractivity contribution in [3.05, 3.63) is 0 Å². The first-order valence-corrected chi connectivity index (χ1v) is 1.08. The van der Waals surface area contributed by atoms with Crippen molar-refractivity contribution in [2.24, 2.45) is 0 Å². The van der Waals surface area contributed by atoms with Crippen LogP contribution in [-0.2, 0) is 0 Å². The minimum absolute atomic E-state index is 0. The fourth-order valence-electron chi connectivity index (χ4n) is 0. The Morgan fingerprint density at radius 3 is 1.25 bits per heavy atom. The Balaban J connectivity index is -0.0000000183. The number of halogens is 1. The van der Waals surface area contributed by atoms with Crippen LogP contribution in [0.4, 0.5) is 4.79 Å². The van der Waals surface area contributed by atoms with E-state index >= 15 is 0 Å². The van der Waals surface area contributed by atoms with Gasteiger partial charge in [0.15, 0.2) is 0 Å². The van der Waals surface area contributed by atoms with Gasteiger partial charge < -0.3 is 19.7 Å². The second kappa shape index (κ2) is 23.3. The molecule has 0 unspecified atom stereocenters. The quantitative estimate of drug-likeness (QED) is 0.342. The van der Waals surface area contributed by atoms with Gasteiger partial charge in [-0.25, -0.2) is 11.9 Å². The molecule has 0 bridgehead atoms. The molecule has 0 atom stereocenters. The van der Waals surface area contributed by atoms with E-state index in [9.17, 15) is 0 Å². The van der Waals surface area contributed by atoms with E-state index in [0.29, 0.717) is 0 Å². The predicted molar refractivity (Wildman–Crippen MR) is 17.0 cm³/mol. The van der Waals surface area contributed by atoms with Crippen LogP contribution in [0.15, 0.2) is 0 Å². The van der Waals surface area contributed by atoms with Gasteiger partial charge in [0.1, 0.15) is 0 Å². The smallest absolute Gasteiger partial charge is 0.769 e. The van der Waals surface area contributed by atoms with Gasteiger partial charge in [0, 0.05) is 0 Å². The molecule has 0 radical (unpaired) electrons. The standard InChI is InChI=1S/CH2O3.Ca.ClO.Na/c2-1(3)4;;1-2;/h(H2,2,3,4);;;/q;+2;-1;+1/p-2. The third-order valence-corrected chi connectivity index (χ3v) is 0. The van der Waals surface area contributed by atoms with Crippen molar-refractivity contribution in [3.8, 4) is 0 Å². The number of carboxylic acid groups (broad SMARTS) is 2. The van der Waals surface area contributed by atoms with E-state index in [2.05, 4.69) is 11.9 Å². The maximum Gasteiger partial charge on any atom is 2.00 e. The first kappa shape index (κ1) is 22.6. The number of hydrogen-bond acceptors (Lipinski definition) is 4. The van der Waals surface area contributed by atoms with Gasteiger partial charge in [-0.3, -0.25) is 0 Å². The van der Waals surface area contributed by atoms with Crippen LogP contribution in [0.2, 0.25) is 0 Å². The van der Waals surface area contributed by atoms with Gasteiger partial charge in [-0.05, 0) is 6.16 Å². The van der Waals surface area contributed by atoms with Gasteiger partial charge >= 0.3 is 67.3 Å². The van der Waals surface area contributed by atoms with Crippen LogP contribution in [0.5, 0.6) is 0 Å². The third kappa shape index (κ3) is 113. The van der Waals surface area contributed by atoms with Gasteiger partial charge in [-0.15, -0.1) is 0 Å². The van der Waals surface area contributed by atoms with Gasteiger partial charge in [0.05, 0.1) is 0 Å². The summed E-state index contributed by atoms with van der Waals surface area (Å²) in [5.74, 6) is 0. The molecule has 0 aromatic carbocycles. The van der Waals surface area contributed by atoms with Crippen LogP contribution >= 0.6 is 11.9 Å². The minimum atomic E-state index is -2.33. The molecule has 0 amide bonds. The summed E-state index contributed by atoms with van der Waals surface area (Å²) in [5.41, 5.74) is 0. The Kier molecular flexibility index (Phi) is 65.6. The number of carbonyl (C=O) groups is 1. The zero-order valence-corrected chi connectivity index (χ0v) is 9.18. The largest absolute Gasteiger partial charge is 2.00 e. The van der Waals surface area contributed by atoms with Crippen LogP contribution in [0.1, 0.15) is 0 Å². The van der Waals surface area contributed by atoms with Gasteiger partial charge in [-0.2, -0.15) is 0 Å². The maximum absolute atomic E-state index is 8.33. The van der Waals surface area contributed by atoms with E-state index in [0.717, 1.165) is 0 Å². The number of hydrogen-bond donors (Lipinski definition) is 0. The molecule has 0 aliphatic heterocycles. The van der Waals surface area contributed by atoms with Crippen LogP contribution < -0.4 is 44.4 Å². The molecule has 0 saturated carbocycles. The van der Waals surface area contributed by atoms with Gasteiger partial charge in [0.2, 0.25) is 0 Å². The molecule has 0 aliphatic carbocycles. The van der Waals surface area contributed by atoms with Crippen molar-refractivity contribution in [1.29, 1.82) is 0 Å². The molecule has 0 aromatic rings. The summed E-state index contributed by atoms with van der Waals surface area (Å²) in [5, 5.41) is 16.7. The molecule has 0 fully saturated rings. The van der Waals surface area contributed by atoms with Crippen LogP contribution in [-0.4, -0.2) is 43.9 Å². The average molecular weight is 175 g/mol. The Bertz CT molecular complexity index is 39.0. The molecule has 0 aromatic heterocycles. The van der Waals surface area contributed by atoms with E-state index in [4.69, 9.17) is 19.7 Å². The molecule has 4 nitrogen and oxygen atoms in total. The molecular weight excluding hydrogens is 175 g/mol. The van der Waals surface area contributed by atoms with Crippen LogP contribution in [0.3, 0.4) is 0 Å². The summed E-state index contributed by atoms with van der Waals surface area (Å²) in [4.78, 5) is 8.33. The van der Waals surface area contributed by atoms with Crippen molar-refractivity contribution >= 4 is 55.8 Å². The van der Waals surface area contributed by atoms with E-state index in [1.165, 1.54) is 0 Å². The van der Waals surface area contributed by atoms with Gasteiger partial charge in [0.25, 0.3) is 0 Å². The summed E-state index contributed by atoms with van der Waals surface area (Å²) >= 11 is 3.39. The van der Waals surface area contributed by atoms with E-state index in [1.54, 1.807) is 0 Å². The van der Waals surface area contributed by atoms with Gasteiger partial charge in [-0.1, -0.05) is 0 Å². The summed E-state index contributed by atoms with van der Waals surface area (Å²) in [6, 6.07) is 0. The Hall–Kier alpha value is 1.78. The van der Waals surface area contributed by atoms with E-state index < -0.39 is 6.16 Å². The summed E-state index contributed by atoms with van der Waals surface area (Å²) in [7, 11) is 0. The Labute approximate surface area is 103 Å². The fraction of sp³-hybridized carbons (Fsp3) is 0. The van der Waals surface area contributed by atoms with Crippen LogP contribution in [0, 0.1) is 0 Å². The molecule has 0 N–H and O–H groups in total. The normalized spacial score (nSPS) is 3.75. The second-order valence-corrected chi connectivity index (χ2v) is 0.250. The average Bonchev–Trinajstić information content (AvgIpc) is 1.41. The minimum Gasteiger partial charge on any atom is -0.769 e. The van der Waals surface area contributed by atoms with E-state index in [1.807, 2.05) is 0 Å². The first-order chi connectivity index (χ1) is 2.73. The zero-order chi connectivity index (χ0) is 5.58. The zero-order valence-electron chi connectivity index (χ0n) is 4.22. The molecule has 38 valence electrons. The SMILES string of the molecule is O=C([O-])[O-].[Ca+2].[Na+].[O-]Cl. The van der Waals surface area contributed by atoms with Crippen molar-refractivity contribution in [1.82, 2.24) is 0 Å². The molecule has 0 heterocycles. The molecule has 0 rings (SSSR count). The predicted octanol–water partition coefficient (Wildman–Crippen LogP) is -6.32. The fourth-order valence-corrected chi connectivity index (χ4v) is 0. The summed E-state index contributed by atoms with van der Waals surface area (Å²) in [6.07, 6.45) is -2.33. The second-order valence-electron chi connectivity index (χ2n) is 0.250. The molecule has 8 heavy (non-hydrogen) atoms. The Morgan fingerprint density at radius 2 is 1.25 bits per heavy atom. The van der Waals surface area contributed by atoms with Crippen molar-refractivity contribution in [3.63, 3.8) is 0 Å². The van der Waals surface area contributed by atoms with E-state index in [-0.39, 0.29) is 67.3 Å². The van der Waals surface area contributed by atoms with Crippen molar-refractivity contribution in [2.75, 3.05) is 0 Å². The molecule has 7 heteroatoms.